The minimum Gasteiger partial charge on any atom is -0.310 e. The molecule has 0 fully saturated rings. The van der Waals surface area contributed by atoms with Crippen molar-refractivity contribution in [2.24, 2.45) is 0 Å². The summed E-state index contributed by atoms with van der Waals surface area (Å²) in [5.74, 6) is 0.692. The van der Waals surface area contributed by atoms with Crippen LogP contribution < -0.4 is 5.56 Å². The van der Waals surface area contributed by atoms with Gasteiger partial charge in [0.15, 0.2) is 0 Å². The number of benzene rings is 1. The Bertz CT molecular complexity index is 575. The van der Waals surface area contributed by atoms with Crippen molar-refractivity contribution in [1.29, 1.82) is 0 Å². The Morgan fingerprint density at radius 3 is 2.87 bits per heavy atom. The van der Waals surface area contributed by atoms with E-state index in [-0.39, 0.29) is 5.56 Å². The van der Waals surface area contributed by atoms with E-state index < -0.39 is 0 Å². The minimum atomic E-state index is -0.100. The summed E-state index contributed by atoms with van der Waals surface area (Å²) in [6, 6.07) is 3.43. The van der Waals surface area contributed by atoms with Crippen molar-refractivity contribution in [3.8, 4) is 0 Å². The number of hydrogen-bond acceptors (Lipinski definition) is 2. The fraction of sp³-hybridized carbons (Fsp3) is 0.273. The molecule has 0 saturated carbocycles. The highest BCUT2D eigenvalue weighted by Crippen LogP contribution is 2.21. The average Bonchev–Trinajstić information content (AvgIpc) is 2.23. The maximum Gasteiger partial charge on any atom is 0.258 e. The van der Waals surface area contributed by atoms with E-state index in [0.29, 0.717) is 28.2 Å². The van der Waals surface area contributed by atoms with Crippen LogP contribution in [-0.2, 0) is 6.42 Å². The van der Waals surface area contributed by atoms with Gasteiger partial charge in [-0.1, -0.05) is 18.5 Å². The van der Waals surface area contributed by atoms with Crippen LogP contribution in [0.5, 0.6) is 0 Å². The summed E-state index contributed by atoms with van der Waals surface area (Å²) in [7, 11) is 0. The molecule has 2 aromatic rings. The first kappa shape index (κ1) is 10.2. The number of H-pyrrole nitrogens is 1. The van der Waals surface area contributed by atoms with E-state index in [1.54, 1.807) is 12.1 Å². The number of hydrogen-bond donors (Lipinski definition) is 1. The smallest absolute Gasteiger partial charge is 0.258 e. The van der Waals surface area contributed by atoms with Crippen molar-refractivity contribution in [3.63, 3.8) is 0 Å². The van der Waals surface area contributed by atoms with Crippen molar-refractivity contribution in [3.05, 3.63) is 38.9 Å². The molecule has 0 unspecified atom stereocenters. The van der Waals surface area contributed by atoms with E-state index in [4.69, 9.17) is 11.6 Å². The van der Waals surface area contributed by atoms with Gasteiger partial charge in [0.25, 0.3) is 5.56 Å². The Hall–Kier alpha value is -1.35. The van der Waals surface area contributed by atoms with Gasteiger partial charge in [0.2, 0.25) is 0 Å². The standard InChI is InChI=1S/C11H11ClN2O/c1-3-9-13-10-6(2)8(12)5-4-7(10)11(15)14-9/h4-5H,3H2,1-2H3,(H,13,14,15). The average molecular weight is 223 g/mol. The lowest BCUT2D eigenvalue weighted by atomic mass is 10.1. The molecule has 0 aliphatic carbocycles. The molecular formula is C11H11ClN2O. The topological polar surface area (TPSA) is 45.8 Å². The molecule has 0 amide bonds. The molecule has 0 radical (unpaired) electrons. The third-order valence-electron chi connectivity index (χ3n) is 2.45. The summed E-state index contributed by atoms with van der Waals surface area (Å²) in [4.78, 5) is 18.8. The molecule has 1 aromatic carbocycles. The Kier molecular flexibility index (Phi) is 2.49. The van der Waals surface area contributed by atoms with Gasteiger partial charge in [-0.05, 0) is 24.6 Å². The molecule has 1 N–H and O–H groups in total. The Balaban J connectivity index is 2.93. The van der Waals surface area contributed by atoms with Gasteiger partial charge in [0.1, 0.15) is 5.82 Å². The molecule has 0 saturated heterocycles. The fourth-order valence-corrected chi connectivity index (χ4v) is 1.68. The van der Waals surface area contributed by atoms with Gasteiger partial charge in [-0.3, -0.25) is 4.79 Å². The number of nitrogens with zero attached hydrogens (tertiary/aromatic N) is 1. The van der Waals surface area contributed by atoms with Crippen LogP contribution in [0.1, 0.15) is 18.3 Å². The third-order valence-corrected chi connectivity index (χ3v) is 2.86. The highest BCUT2D eigenvalue weighted by atomic mass is 35.5. The maximum atomic E-state index is 11.7. The molecule has 1 heterocycles. The van der Waals surface area contributed by atoms with Crippen LogP contribution in [0.3, 0.4) is 0 Å². The molecule has 0 aliphatic heterocycles. The number of aryl methyl sites for hydroxylation is 2. The van der Waals surface area contributed by atoms with Crippen molar-refractivity contribution in [1.82, 2.24) is 9.97 Å². The van der Waals surface area contributed by atoms with E-state index in [9.17, 15) is 4.79 Å². The second-order valence-electron chi connectivity index (χ2n) is 3.43. The first-order valence-electron chi connectivity index (χ1n) is 4.81. The summed E-state index contributed by atoms with van der Waals surface area (Å²) in [6.07, 6.45) is 0.705. The molecular weight excluding hydrogens is 212 g/mol. The Labute approximate surface area is 92.1 Å². The summed E-state index contributed by atoms with van der Waals surface area (Å²) in [5, 5.41) is 1.23. The quantitative estimate of drug-likeness (QED) is 0.806. The van der Waals surface area contributed by atoms with Crippen molar-refractivity contribution in [2.75, 3.05) is 0 Å². The number of rotatable bonds is 1. The van der Waals surface area contributed by atoms with Gasteiger partial charge in [0.05, 0.1) is 10.9 Å². The number of nitrogens with one attached hydrogen (secondary N) is 1. The van der Waals surface area contributed by atoms with Gasteiger partial charge < -0.3 is 4.98 Å². The zero-order chi connectivity index (χ0) is 11.0. The van der Waals surface area contributed by atoms with Crippen LogP contribution in [-0.4, -0.2) is 9.97 Å². The van der Waals surface area contributed by atoms with Crippen LogP contribution in [0, 0.1) is 6.92 Å². The number of aromatic amines is 1. The van der Waals surface area contributed by atoms with Gasteiger partial charge in [-0.2, -0.15) is 0 Å². The first-order chi connectivity index (χ1) is 7.13. The van der Waals surface area contributed by atoms with Crippen LogP contribution in [0.25, 0.3) is 10.9 Å². The van der Waals surface area contributed by atoms with E-state index in [1.807, 2.05) is 13.8 Å². The van der Waals surface area contributed by atoms with Crippen LogP contribution >= 0.6 is 11.6 Å². The van der Waals surface area contributed by atoms with Crippen LogP contribution in [0.15, 0.2) is 16.9 Å². The first-order valence-corrected chi connectivity index (χ1v) is 5.19. The molecule has 4 heteroatoms. The molecule has 78 valence electrons. The second kappa shape index (κ2) is 3.66. The van der Waals surface area contributed by atoms with Crippen molar-refractivity contribution >= 4 is 22.5 Å². The lowest BCUT2D eigenvalue weighted by molar-refractivity contribution is 0.942. The van der Waals surface area contributed by atoms with E-state index in [2.05, 4.69) is 9.97 Å². The number of aromatic nitrogens is 2. The van der Waals surface area contributed by atoms with E-state index in [0.717, 1.165) is 5.56 Å². The lowest BCUT2D eigenvalue weighted by Crippen LogP contribution is -2.11. The zero-order valence-electron chi connectivity index (χ0n) is 8.60. The molecule has 0 atom stereocenters. The van der Waals surface area contributed by atoms with Crippen LogP contribution in [0.4, 0.5) is 0 Å². The predicted molar refractivity (Wildman–Crippen MR) is 61.5 cm³/mol. The normalized spacial score (nSPS) is 10.9. The summed E-state index contributed by atoms with van der Waals surface area (Å²) in [6.45, 7) is 3.82. The Morgan fingerprint density at radius 1 is 1.47 bits per heavy atom. The molecule has 1 aromatic heterocycles. The number of halogens is 1. The second-order valence-corrected chi connectivity index (χ2v) is 3.84. The molecule has 0 aliphatic rings. The predicted octanol–water partition coefficient (Wildman–Crippen LogP) is 2.45. The third kappa shape index (κ3) is 1.63. The minimum absolute atomic E-state index is 0.100. The highest BCUT2D eigenvalue weighted by Gasteiger charge is 2.07. The SMILES string of the molecule is CCc1nc2c(C)c(Cl)ccc2c(=O)[nH]1. The summed E-state index contributed by atoms with van der Waals surface area (Å²) < 4.78 is 0. The maximum absolute atomic E-state index is 11.7. The number of fused-ring (bicyclic) bond motifs is 1. The van der Waals surface area contributed by atoms with Gasteiger partial charge >= 0.3 is 0 Å². The highest BCUT2D eigenvalue weighted by molar-refractivity contribution is 6.32. The van der Waals surface area contributed by atoms with Gasteiger partial charge in [0, 0.05) is 11.4 Å². The summed E-state index contributed by atoms with van der Waals surface area (Å²) >= 11 is 5.98. The van der Waals surface area contributed by atoms with Gasteiger partial charge in [-0.25, -0.2) is 4.98 Å². The Morgan fingerprint density at radius 2 is 2.20 bits per heavy atom. The van der Waals surface area contributed by atoms with Crippen LogP contribution in [0.2, 0.25) is 5.02 Å². The summed E-state index contributed by atoms with van der Waals surface area (Å²) in [5.41, 5.74) is 1.45. The molecule has 2 rings (SSSR count). The van der Waals surface area contributed by atoms with Crippen molar-refractivity contribution in [2.45, 2.75) is 20.3 Å². The van der Waals surface area contributed by atoms with E-state index >= 15 is 0 Å². The molecule has 0 bridgehead atoms. The zero-order valence-corrected chi connectivity index (χ0v) is 9.35. The van der Waals surface area contributed by atoms with Gasteiger partial charge in [-0.15, -0.1) is 0 Å². The molecule has 0 spiro atoms. The lowest BCUT2D eigenvalue weighted by Gasteiger charge is -2.04. The molecule has 3 nitrogen and oxygen atoms in total. The monoisotopic (exact) mass is 222 g/mol. The van der Waals surface area contributed by atoms with E-state index in [1.165, 1.54) is 0 Å². The van der Waals surface area contributed by atoms with Crippen molar-refractivity contribution < 1.29 is 0 Å². The largest absolute Gasteiger partial charge is 0.310 e. The fourth-order valence-electron chi connectivity index (χ4n) is 1.53. The molecule has 15 heavy (non-hydrogen) atoms.